The smallest absolute Gasteiger partial charge is 0.195 e. The molecule has 1 heterocycles. The molecule has 2 rings (SSSR count). The van der Waals surface area contributed by atoms with Crippen LogP contribution in [0.1, 0.15) is 18.9 Å². The van der Waals surface area contributed by atoms with Gasteiger partial charge in [0.25, 0.3) is 0 Å². The topological polar surface area (TPSA) is 72.7 Å². The molecule has 2 aromatic rings. The predicted molar refractivity (Wildman–Crippen MR) is 116 cm³/mol. The number of aliphatic imine (C=N–C) groups is 1. The lowest BCUT2D eigenvalue weighted by Crippen LogP contribution is -2.30. The molecule has 1 aromatic heterocycles. The summed E-state index contributed by atoms with van der Waals surface area (Å²) in [6.07, 6.45) is 5.87. The standard InChI is InChI=1S/C18H27N5O2.HI/c1-5-19-18(20-10-6-7-14-12-21-23(2)13-14)22-15-8-9-16(24-3)17(11-15)25-4;/h8-9,11-13H,5-7,10H2,1-4H3,(H2,19,20,22);1H. The second kappa shape index (κ2) is 11.6. The van der Waals surface area contributed by atoms with E-state index in [-0.39, 0.29) is 24.0 Å². The molecule has 0 atom stereocenters. The van der Waals surface area contributed by atoms with Gasteiger partial charge in [-0.25, -0.2) is 0 Å². The van der Waals surface area contributed by atoms with Crippen LogP contribution in [-0.4, -0.2) is 43.0 Å². The highest BCUT2D eigenvalue weighted by atomic mass is 127. The first-order chi connectivity index (χ1) is 12.2. The summed E-state index contributed by atoms with van der Waals surface area (Å²) in [5.74, 6) is 2.13. The number of halogens is 1. The highest BCUT2D eigenvalue weighted by molar-refractivity contribution is 14.0. The third kappa shape index (κ3) is 6.74. The Balaban J connectivity index is 0.00000338. The number of benzene rings is 1. The van der Waals surface area contributed by atoms with Crippen LogP contribution in [0.4, 0.5) is 5.69 Å². The number of anilines is 1. The molecule has 0 saturated heterocycles. The molecule has 1 aromatic carbocycles. The Morgan fingerprint density at radius 1 is 1.23 bits per heavy atom. The Hall–Kier alpha value is -1.97. The average molecular weight is 473 g/mol. The van der Waals surface area contributed by atoms with Crippen LogP contribution in [0.2, 0.25) is 0 Å². The highest BCUT2D eigenvalue weighted by Gasteiger charge is 2.06. The van der Waals surface area contributed by atoms with Crippen molar-refractivity contribution in [3.63, 3.8) is 0 Å². The van der Waals surface area contributed by atoms with Gasteiger partial charge < -0.3 is 20.1 Å². The predicted octanol–water partition coefficient (Wildman–Crippen LogP) is 3.07. The third-order valence-electron chi connectivity index (χ3n) is 3.64. The number of rotatable bonds is 8. The van der Waals surface area contributed by atoms with Crippen LogP contribution in [0.3, 0.4) is 0 Å². The number of ether oxygens (including phenoxy) is 2. The molecule has 0 spiro atoms. The van der Waals surface area contributed by atoms with Gasteiger partial charge in [-0.3, -0.25) is 9.67 Å². The lowest BCUT2D eigenvalue weighted by molar-refractivity contribution is 0.355. The van der Waals surface area contributed by atoms with E-state index in [0.29, 0.717) is 11.5 Å². The van der Waals surface area contributed by atoms with Crippen LogP contribution in [0.5, 0.6) is 11.5 Å². The Bertz CT molecular complexity index is 703. The van der Waals surface area contributed by atoms with Crippen molar-refractivity contribution in [1.29, 1.82) is 0 Å². The van der Waals surface area contributed by atoms with Crippen molar-refractivity contribution in [3.8, 4) is 11.5 Å². The molecule has 2 N–H and O–H groups in total. The van der Waals surface area contributed by atoms with Gasteiger partial charge in [-0.15, -0.1) is 24.0 Å². The first kappa shape index (κ1) is 22.1. The summed E-state index contributed by atoms with van der Waals surface area (Å²) in [6, 6.07) is 5.69. The fraction of sp³-hybridized carbons (Fsp3) is 0.444. The summed E-state index contributed by atoms with van der Waals surface area (Å²) >= 11 is 0. The van der Waals surface area contributed by atoms with E-state index >= 15 is 0 Å². The van der Waals surface area contributed by atoms with Crippen molar-refractivity contribution in [2.24, 2.45) is 12.0 Å². The Morgan fingerprint density at radius 2 is 2.00 bits per heavy atom. The summed E-state index contributed by atoms with van der Waals surface area (Å²) in [4.78, 5) is 4.62. The number of aryl methyl sites for hydroxylation is 2. The maximum atomic E-state index is 5.33. The van der Waals surface area contributed by atoms with E-state index in [1.54, 1.807) is 14.2 Å². The summed E-state index contributed by atoms with van der Waals surface area (Å²) in [7, 11) is 5.18. The number of aromatic nitrogens is 2. The summed E-state index contributed by atoms with van der Waals surface area (Å²) in [6.45, 7) is 3.57. The minimum absolute atomic E-state index is 0. The number of guanidine groups is 1. The quantitative estimate of drug-likeness (QED) is 0.267. The molecule has 0 aliphatic heterocycles. The lowest BCUT2D eigenvalue weighted by Gasteiger charge is -2.13. The number of methoxy groups -OCH3 is 2. The zero-order chi connectivity index (χ0) is 18.1. The van der Waals surface area contributed by atoms with Crippen molar-refractivity contribution < 1.29 is 9.47 Å². The highest BCUT2D eigenvalue weighted by Crippen LogP contribution is 2.29. The Morgan fingerprint density at radius 3 is 2.62 bits per heavy atom. The largest absolute Gasteiger partial charge is 0.493 e. The normalized spacial score (nSPS) is 10.8. The molecule has 0 aliphatic rings. The van der Waals surface area contributed by atoms with Gasteiger partial charge in [0.15, 0.2) is 17.5 Å². The number of nitrogens with zero attached hydrogens (tertiary/aromatic N) is 3. The average Bonchev–Trinajstić information content (AvgIpc) is 3.04. The molecule has 0 saturated carbocycles. The van der Waals surface area contributed by atoms with Gasteiger partial charge >= 0.3 is 0 Å². The molecule has 0 aliphatic carbocycles. The molecule has 8 heteroatoms. The van der Waals surface area contributed by atoms with E-state index in [2.05, 4.69) is 20.7 Å². The van der Waals surface area contributed by atoms with Crippen molar-refractivity contribution in [2.45, 2.75) is 19.8 Å². The first-order valence-electron chi connectivity index (χ1n) is 8.41. The van der Waals surface area contributed by atoms with Crippen molar-refractivity contribution in [2.75, 3.05) is 32.6 Å². The first-order valence-corrected chi connectivity index (χ1v) is 8.41. The van der Waals surface area contributed by atoms with Gasteiger partial charge in [0.1, 0.15) is 0 Å². The van der Waals surface area contributed by atoms with E-state index < -0.39 is 0 Å². The molecule has 7 nitrogen and oxygen atoms in total. The molecule has 0 fully saturated rings. The second-order valence-electron chi connectivity index (χ2n) is 5.58. The van der Waals surface area contributed by atoms with Crippen molar-refractivity contribution >= 4 is 35.6 Å². The maximum Gasteiger partial charge on any atom is 0.195 e. The van der Waals surface area contributed by atoms with Gasteiger partial charge in [-0.1, -0.05) is 0 Å². The van der Waals surface area contributed by atoms with E-state index in [1.807, 2.05) is 49.2 Å². The fourth-order valence-corrected chi connectivity index (χ4v) is 2.43. The van der Waals surface area contributed by atoms with Crippen LogP contribution < -0.4 is 20.1 Å². The Kier molecular flexibility index (Phi) is 9.85. The molecule has 0 amide bonds. The van der Waals surface area contributed by atoms with E-state index in [9.17, 15) is 0 Å². The number of hydrogen-bond donors (Lipinski definition) is 2. The van der Waals surface area contributed by atoms with Gasteiger partial charge in [-0.05, 0) is 37.5 Å². The SMILES string of the molecule is CCNC(=NCCCc1cnn(C)c1)Nc1ccc(OC)c(OC)c1.I. The van der Waals surface area contributed by atoms with Gasteiger partial charge in [0.2, 0.25) is 0 Å². The zero-order valence-electron chi connectivity index (χ0n) is 15.8. The van der Waals surface area contributed by atoms with E-state index in [1.165, 1.54) is 5.56 Å². The van der Waals surface area contributed by atoms with Gasteiger partial charge in [0, 0.05) is 38.1 Å². The fourth-order valence-electron chi connectivity index (χ4n) is 2.43. The third-order valence-corrected chi connectivity index (χ3v) is 3.64. The number of hydrogen-bond acceptors (Lipinski definition) is 4. The zero-order valence-corrected chi connectivity index (χ0v) is 18.1. The summed E-state index contributed by atoms with van der Waals surface area (Å²) in [5, 5.41) is 10.7. The van der Waals surface area contributed by atoms with Crippen LogP contribution in [0, 0.1) is 0 Å². The minimum Gasteiger partial charge on any atom is -0.493 e. The minimum atomic E-state index is 0. The molecule has 26 heavy (non-hydrogen) atoms. The van der Waals surface area contributed by atoms with Crippen LogP contribution >= 0.6 is 24.0 Å². The number of nitrogens with one attached hydrogen (secondary N) is 2. The lowest BCUT2D eigenvalue weighted by atomic mass is 10.2. The van der Waals surface area contributed by atoms with Gasteiger partial charge in [-0.2, -0.15) is 5.10 Å². The monoisotopic (exact) mass is 473 g/mol. The molecule has 0 unspecified atom stereocenters. The summed E-state index contributed by atoms with van der Waals surface area (Å²) < 4.78 is 12.4. The van der Waals surface area contributed by atoms with E-state index in [0.717, 1.165) is 37.6 Å². The van der Waals surface area contributed by atoms with Crippen LogP contribution in [0.25, 0.3) is 0 Å². The second-order valence-corrected chi connectivity index (χ2v) is 5.58. The summed E-state index contributed by atoms with van der Waals surface area (Å²) in [5.41, 5.74) is 2.13. The molecule has 0 bridgehead atoms. The van der Waals surface area contributed by atoms with Crippen LogP contribution in [-0.2, 0) is 13.5 Å². The van der Waals surface area contributed by atoms with Gasteiger partial charge in [0.05, 0.1) is 20.4 Å². The van der Waals surface area contributed by atoms with Crippen molar-refractivity contribution in [1.82, 2.24) is 15.1 Å². The van der Waals surface area contributed by atoms with Crippen LogP contribution in [0.15, 0.2) is 35.6 Å². The molecular formula is C18H28IN5O2. The Labute approximate surface area is 172 Å². The molecule has 144 valence electrons. The van der Waals surface area contributed by atoms with E-state index in [4.69, 9.17) is 9.47 Å². The molecular weight excluding hydrogens is 445 g/mol. The van der Waals surface area contributed by atoms with Crippen molar-refractivity contribution in [3.05, 3.63) is 36.2 Å². The molecule has 0 radical (unpaired) electrons. The maximum absolute atomic E-state index is 5.33.